The highest BCUT2D eigenvalue weighted by Crippen LogP contribution is 2.33. The minimum Gasteiger partial charge on any atom is -0.306 e. The molecule has 0 N–H and O–H groups in total. The van der Waals surface area contributed by atoms with Crippen molar-refractivity contribution in [2.45, 2.75) is 39.0 Å². The highest BCUT2D eigenvalue weighted by molar-refractivity contribution is 5.39. The third kappa shape index (κ3) is 1.93. The molecular weight excluding hydrogens is 170 g/mol. The van der Waals surface area contributed by atoms with Gasteiger partial charge in [-0.25, -0.2) is 0 Å². The van der Waals surface area contributed by atoms with Crippen LogP contribution in [0.2, 0.25) is 0 Å². The molecule has 1 nitrogen and oxygen atoms in total. The first kappa shape index (κ1) is 9.97. The Labute approximate surface area is 87.5 Å². The highest BCUT2D eigenvalue weighted by atomic mass is 15.1. The quantitative estimate of drug-likeness (QED) is 0.615. The van der Waals surface area contributed by atoms with Crippen molar-refractivity contribution in [3.05, 3.63) is 22.8 Å². The van der Waals surface area contributed by atoms with Gasteiger partial charge in [0, 0.05) is 13.1 Å². The van der Waals surface area contributed by atoms with Crippen LogP contribution in [0, 0.1) is 0 Å². The number of hydrogen-bond donors (Lipinski definition) is 0. The lowest BCUT2D eigenvalue weighted by Gasteiger charge is -2.19. The fraction of sp³-hybridized carbons (Fsp3) is 0.692. The Morgan fingerprint density at radius 2 is 2.00 bits per heavy atom. The molecule has 0 bridgehead atoms. The van der Waals surface area contributed by atoms with Crippen LogP contribution in [0.1, 0.15) is 39.0 Å². The molecule has 14 heavy (non-hydrogen) atoms. The van der Waals surface area contributed by atoms with Crippen LogP contribution in [-0.2, 0) is 0 Å². The van der Waals surface area contributed by atoms with Crippen molar-refractivity contribution in [2.75, 3.05) is 20.1 Å². The monoisotopic (exact) mass is 191 g/mol. The summed E-state index contributed by atoms with van der Waals surface area (Å²) in [6, 6.07) is 0. The number of likely N-dealkylation sites (tertiary alicyclic amines) is 1. The van der Waals surface area contributed by atoms with E-state index in [1.807, 2.05) is 0 Å². The second-order valence-corrected chi connectivity index (χ2v) is 4.51. The second kappa shape index (κ2) is 4.31. The molecule has 2 rings (SSSR count). The van der Waals surface area contributed by atoms with Crippen molar-refractivity contribution in [3.8, 4) is 0 Å². The van der Waals surface area contributed by atoms with E-state index in [4.69, 9.17) is 0 Å². The van der Waals surface area contributed by atoms with E-state index in [9.17, 15) is 0 Å². The topological polar surface area (TPSA) is 3.24 Å². The van der Waals surface area contributed by atoms with Crippen LogP contribution in [0.25, 0.3) is 0 Å². The van der Waals surface area contributed by atoms with Crippen LogP contribution in [0.5, 0.6) is 0 Å². The molecule has 0 aromatic carbocycles. The van der Waals surface area contributed by atoms with E-state index in [1.165, 1.54) is 45.2 Å². The zero-order valence-corrected chi connectivity index (χ0v) is 9.47. The van der Waals surface area contributed by atoms with Gasteiger partial charge in [-0.2, -0.15) is 0 Å². The molecule has 1 heteroatoms. The van der Waals surface area contributed by atoms with Gasteiger partial charge < -0.3 is 4.90 Å². The smallest absolute Gasteiger partial charge is 0.00190 e. The van der Waals surface area contributed by atoms with Crippen LogP contribution < -0.4 is 0 Å². The molecule has 0 spiro atoms. The first-order valence-corrected chi connectivity index (χ1v) is 5.90. The van der Waals surface area contributed by atoms with E-state index in [1.54, 1.807) is 16.7 Å². The molecule has 0 atom stereocenters. The van der Waals surface area contributed by atoms with Crippen molar-refractivity contribution >= 4 is 0 Å². The molecule has 0 amide bonds. The van der Waals surface area contributed by atoms with Gasteiger partial charge >= 0.3 is 0 Å². The molecule has 0 aromatic heterocycles. The van der Waals surface area contributed by atoms with Gasteiger partial charge in [-0.05, 0) is 50.3 Å². The summed E-state index contributed by atoms with van der Waals surface area (Å²) >= 11 is 0. The summed E-state index contributed by atoms with van der Waals surface area (Å²) in [5, 5.41) is 0. The maximum absolute atomic E-state index is 2.48. The lowest BCUT2D eigenvalue weighted by Crippen LogP contribution is -2.18. The predicted molar refractivity (Wildman–Crippen MR) is 61.4 cm³/mol. The lowest BCUT2D eigenvalue weighted by molar-refractivity contribution is 0.355. The normalized spacial score (nSPS) is 24.3. The molecule has 1 aliphatic carbocycles. The van der Waals surface area contributed by atoms with Crippen LogP contribution in [0.4, 0.5) is 0 Å². The summed E-state index contributed by atoms with van der Waals surface area (Å²) in [6.07, 6.45) is 8.90. The van der Waals surface area contributed by atoms with Crippen molar-refractivity contribution in [2.24, 2.45) is 0 Å². The van der Waals surface area contributed by atoms with E-state index in [0.29, 0.717) is 0 Å². The summed E-state index contributed by atoms with van der Waals surface area (Å²) in [4.78, 5) is 2.46. The SMILES string of the molecule is CCC1=C2CCN(C)CCC2=CCC1. The van der Waals surface area contributed by atoms with Crippen LogP contribution in [0.15, 0.2) is 22.8 Å². The summed E-state index contributed by atoms with van der Waals surface area (Å²) in [5.41, 5.74) is 5.11. The Morgan fingerprint density at radius 3 is 2.79 bits per heavy atom. The lowest BCUT2D eigenvalue weighted by atomic mass is 9.87. The molecule has 0 aromatic rings. The molecule has 1 fully saturated rings. The zero-order valence-electron chi connectivity index (χ0n) is 9.47. The Hall–Kier alpha value is -0.560. The maximum Gasteiger partial charge on any atom is 0.00190 e. The van der Waals surface area contributed by atoms with Gasteiger partial charge in [-0.1, -0.05) is 18.6 Å². The molecule has 1 aliphatic heterocycles. The summed E-state index contributed by atoms with van der Waals surface area (Å²) in [6.45, 7) is 4.79. The molecule has 0 radical (unpaired) electrons. The molecular formula is C13H21N. The number of rotatable bonds is 1. The average molecular weight is 191 g/mol. The predicted octanol–water partition coefficient (Wildman–Crippen LogP) is 3.14. The molecule has 1 saturated heterocycles. The molecule has 78 valence electrons. The van der Waals surface area contributed by atoms with Crippen LogP contribution in [-0.4, -0.2) is 25.0 Å². The molecule has 2 aliphatic rings. The average Bonchev–Trinajstić information content (AvgIpc) is 2.41. The largest absolute Gasteiger partial charge is 0.306 e. The minimum absolute atomic E-state index is 1.24. The fourth-order valence-electron chi connectivity index (χ4n) is 2.63. The zero-order chi connectivity index (χ0) is 9.97. The first-order chi connectivity index (χ1) is 6.81. The molecule has 0 unspecified atom stereocenters. The van der Waals surface area contributed by atoms with Crippen molar-refractivity contribution in [1.29, 1.82) is 0 Å². The second-order valence-electron chi connectivity index (χ2n) is 4.51. The Morgan fingerprint density at radius 1 is 1.21 bits per heavy atom. The Kier molecular flexibility index (Phi) is 3.07. The highest BCUT2D eigenvalue weighted by Gasteiger charge is 2.18. The van der Waals surface area contributed by atoms with E-state index in [-0.39, 0.29) is 0 Å². The van der Waals surface area contributed by atoms with Crippen LogP contribution >= 0.6 is 0 Å². The van der Waals surface area contributed by atoms with Gasteiger partial charge in [0.1, 0.15) is 0 Å². The summed E-state index contributed by atoms with van der Waals surface area (Å²) < 4.78 is 0. The summed E-state index contributed by atoms with van der Waals surface area (Å²) in [7, 11) is 2.24. The van der Waals surface area contributed by atoms with Gasteiger partial charge in [0.2, 0.25) is 0 Å². The van der Waals surface area contributed by atoms with E-state index in [2.05, 4.69) is 24.9 Å². The number of nitrogens with zero attached hydrogens (tertiary/aromatic N) is 1. The van der Waals surface area contributed by atoms with E-state index < -0.39 is 0 Å². The Bertz CT molecular complexity index is 273. The third-order valence-corrected chi connectivity index (χ3v) is 3.58. The van der Waals surface area contributed by atoms with Gasteiger partial charge in [-0.15, -0.1) is 0 Å². The minimum atomic E-state index is 1.24. The Balaban J connectivity index is 2.24. The van der Waals surface area contributed by atoms with Gasteiger partial charge in [0.05, 0.1) is 0 Å². The first-order valence-electron chi connectivity index (χ1n) is 5.90. The van der Waals surface area contributed by atoms with Crippen molar-refractivity contribution in [3.63, 3.8) is 0 Å². The maximum atomic E-state index is 2.48. The number of fused-ring (bicyclic) bond motifs is 1. The number of allylic oxidation sites excluding steroid dienone is 2. The van der Waals surface area contributed by atoms with Crippen LogP contribution in [0.3, 0.4) is 0 Å². The van der Waals surface area contributed by atoms with Gasteiger partial charge in [0.25, 0.3) is 0 Å². The van der Waals surface area contributed by atoms with Gasteiger partial charge in [-0.3, -0.25) is 0 Å². The van der Waals surface area contributed by atoms with Crippen molar-refractivity contribution in [1.82, 2.24) is 4.90 Å². The molecule has 1 heterocycles. The van der Waals surface area contributed by atoms with Gasteiger partial charge in [0.15, 0.2) is 0 Å². The van der Waals surface area contributed by atoms with E-state index >= 15 is 0 Å². The van der Waals surface area contributed by atoms with Crippen molar-refractivity contribution < 1.29 is 0 Å². The van der Waals surface area contributed by atoms with E-state index in [0.717, 1.165) is 0 Å². The number of hydrogen-bond acceptors (Lipinski definition) is 1. The fourth-order valence-corrected chi connectivity index (χ4v) is 2.63. The molecule has 0 saturated carbocycles. The standard InChI is InChI=1S/C13H21N/c1-3-11-5-4-6-12-7-9-14(2)10-8-13(11)12/h6H,3-5,7-10H2,1-2H3. The third-order valence-electron chi connectivity index (χ3n) is 3.58. The summed E-state index contributed by atoms with van der Waals surface area (Å²) in [5.74, 6) is 0.